The normalized spacial score (nSPS) is 16.0. The van der Waals surface area contributed by atoms with Crippen molar-refractivity contribution in [1.29, 1.82) is 0 Å². The van der Waals surface area contributed by atoms with Gasteiger partial charge < -0.3 is 15.0 Å². The minimum absolute atomic E-state index is 0.172. The monoisotopic (exact) mass is 311 g/mol. The second kappa shape index (κ2) is 8.26. The van der Waals surface area contributed by atoms with Crippen LogP contribution in [-0.4, -0.2) is 61.4 Å². The molecular weight excluding hydrogens is 289 g/mol. The van der Waals surface area contributed by atoms with E-state index in [1.165, 1.54) is 6.07 Å². The summed E-state index contributed by atoms with van der Waals surface area (Å²) >= 11 is 5.36. The molecule has 1 aliphatic heterocycles. The Labute approximate surface area is 130 Å². The number of rotatable bonds is 5. The third-order valence-corrected chi connectivity index (χ3v) is 3.94. The second-order valence-corrected chi connectivity index (χ2v) is 5.50. The Bertz CT molecular complexity index is 464. The zero-order valence-corrected chi connectivity index (χ0v) is 13.2. The van der Waals surface area contributed by atoms with Crippen LogP contribution in [0.15, 0.2) is 24.3 Å². The van der Waals surface area contributed by atoms with Crippen molar-refractivity contribution in [3.05, 3.63) is 35.6 Å². The number of methoxy groups -OCH3 is 1. The molecule has 0 atom stereocenters. The summed E-state index contributed by atoms with van der Waals surface area (Å²) in [6.45, 7) is 5.83. The van der Waals surface area contributed by atoms with Gasteiger partial charge in [0.25, 0.3) is 0 Å². The van der Waals surface area contributed by atoms with Crippen LogP contribution < -0.4 is 5.32 Å². The average Bonchev–Trinajstić information content (AvgIpc) is 2.48. The minimum atomic E-state index is -0.172. The summed E-state index contributed by atoms with van der Waals surface area (Å²) in [6, 6.07) is 6.80. The Morgan fingerprint density at radius 3 is 2.76 bits per heavy atom. The molecule has 1 saturated heterocycles. The molecule has 6 heteroatoms. The van der Waals surface area contributed by atoms with Gasteiger partial charge in [0, 0.05) is 46.4 Å². The third kappa shape index (κ3) is 5.22. The summed E-state index contributed by atoms with van der Waals surface area (Å²) in [5.41, 5.74) is 1.02. The highest BCUT2D eigenvalue weighted by atomic mass is 32.1. The lowest BCUT2D eigenvalue weighted by molar-refractivity contribution is 0.172. The Balaban J connectivity index is 1.74. The van der Waals surface area contributed by atoms with Crippen molar-refractivity contribution in [2.24, 2.45) is 0 Å². The first-order valence-corrected chi connectivity index (χ1v) is 7.58. The van der Waals surface area contributed by atoms with Gasteiger partial charge in [0.2, 0.25) is 0 Å². The van der Waals surface area contributed by atoms with Crippen molar-refractivity contribution in [2.75, 3.05) is 46.4 Å². The second-order valence-electron chi connectivity index (χ2n) is 5.12. The van der Waals surface area contributed by atoms with Crippen LogP contribution in [0.25, 0.3) is 0 Å². The lowest BCUT2D eigenvalue weighted by atomic mass is 10.2. The number of thiocarbonyl (C=S) groups is 1. The molecule has 1 heterocycles. The summed E-state index contributed by atoms with van der Waals surface area (Å²) in [5.74, 6) is -0.172. The van der Waals surface area contributed by atoms with Gasteiger partial charge in [-0.3, -0.25) is 4.90 Å². The first-order valence-electron chi connectivity index (χ1n) is 7.17. The number of piperazine rings is 1. The minimum Gasteiger partial charge on any atom is -0.383 e. The molecule has 116 valence electrons. The fraction of sp³-hybridized carbons (Fsp3) is 0.533. The highest BCUT2D eigenvalue weighted by molar-refractivity contribution is 7.80. The third-order valence-electron chi connectivity index (χ3n) is 3.54. The van der Waals surface area contributed by atoms with Gasteiger partial charge in [-0.05, 0) is 29.9 Å². The standard InChI is InChI=1S/C15H22FN3OS/c1-20-10-5-17-15(21)19-8-6-18(7-9-19)12-13-3-2-4-14(16)11-13/h2-4,11H,5-10,12H2,1H3,(H,17,21). The van der Waals surface area contributed by atoms with Crippen LogP contribution in [0.4, 0.5) is 4.39 Å². The van der Waals surface area contributed by atoms with Crippen LogP contribution in [0.2, 0.25) is 0 Å². The molecule has 0 radical (unpaired) electrons. The molecule has 0 amide bonds. The predicted molar refractivity (Wildman–Crippen MR) is 85.7 cm³/mol. The van der Waals surface area contributed by atoms with Gasteiger partial charge in [-0.1, -0.05) is 12.1 Å². The molecule has 1 N–H and O–H groups in total. The first-order chi connectivity index (χ1) is 10.2. The highest BCUT2D eigenvalue weighted by Crippen LogP contribution is 2.10. The zero-order valence-electron chi connectivity index (χ0n) is 12.3. The molecule has 0 aliphatic carbocycles. The molecule has 1 aromatic carbocycles. The quantitative estimate of drug-likeness (QED) is 0.656. The zero-order chi connectivity index (χ0) is 15.1. The summed E-state index contributed by atoms with van der Waals surface area (Å²) < 4.78 is 18.2. The molecule has 4 nitrogen and oxygen atoms in total. The van der Waals surface area contributed by atoms with Crippen LogP contribution in [0.1, 0.15) is 5.56 Å². The van der Waals surface area contributed by atoms with E-state index in [1.807, 2.05) is 6.07 Å². The van der Waals surface area contributed by atoms with Crippen molar-refractivity contribution in [3.63, 3.8) is 0 Å². The van der Waals surface area contributed by atoms with Crippen molar-refractivity contribution in [2.45, 2.75) is 6.54 Å². The maximum atomic E-state index is 13.2. The van der Waals surface area contributed by atoms with Crippen LogP contribution in [0.5, 0.6) is 0 Å². The van der Waals surface area contributed by atoms with Crippen molar-refractivity contribution in [1.82, 2.24) is 15.1 Å². The maximum absolute atomic E-state index is 13.2. The van der Waals surface area contributed by atoms with E-state index in [0.717, 1.165) is 49.9 Å². The summed E-state index contributed by atoms with van der Waals surface area (Å²) in [7, 11) is 1.68. The topological polar surface area (TPSA) is 27.7 Å². The Kier molecular flexibility index (Phi) is 6.35. The van der Waals surface area contributed by atoms with Gasteiger partial charge in [-0.15, -0.1) is 0 Å². The molecule has 0 spiro atoms. The molecule has 0 aromatic heterocycles. The van der Waals surface area contributed by atoms with Gasteiger partial charge in [-0.2, -0.15) is 0 Å². The van der Waals surface area contributed by atoms with Crippen LogP contribution >= 0.6 is 12.2 Å². The fourth-order valence-corrected chi connectivity index (χ4v) is 2.66. The molecule has 21 heavy (non-hydrogen) atoms. The first kappa shape index (κ1) is 16.1. The van der Waals surface area contributed by atoms with Gasteiger partial charge in [0.15, 0.2) is 5.11 Å². The number of halogens is 1. The van der Waals surface area contributed by atoms with E-state index in [4.69, 9.17) is 17.0 Å². The van der Waals surface area contributed by atoms with Crippen molar-refractivity contribution >= 4 is 17.3 Å². The van der Waals surface area contributed by atoms with E-state index in [-0.39, 0.29) is 5.82 Å². The van der Waals surface area contributed by atoms with E-state index in [1.54, 1.807) is 19.2 Å². The fourth-order valence-electron chi connectivity index (χ4n) is 2.37. The van der Waals surface area contributed by atoms with Crippen LogP contribution in [-0.2, 0) is 11.3 Å². The smallest absolute Gasteiger partial charge is 0.169 e. The predicted octanol–water partition coefficient (Wildman–Crippen LogP) is 1.46. The Morgan fingerprint density at radius 2 is 2.10 bits per heavy atom. The number of nitrogens with zero attached hydrogens (tertiary/aromatic N) is 2. The van der Waals surface area contributed by atoms with Gasteiger partial charge >= 0.3 is 0 Å². The summed E-state index contributed by atoms with van der Waals surface area (Å²) in [6.07, 6.45) is 0. The van der Waals surface area contributed by atoms with E-state index < -0.39 is 0 Å². The molecule has 1 aliphatic rings. The lowest BCUT2D eigenvalue weighted by Crippen LogP contribution is -2.51. The Morgan fingerprint density at radius 1 is 1.33 bits per heavy atom. The van der Waals surface area contributed by atoms with Gasteiger partial charge in [-0.25, -0.2) is 4.39 Å². The highest BCUT2D eigenvalue weighted by Gasteiger charge is 2.18. The number of nitrogens with one attached hydrogen (secondary N) is 1. The van der Waals surface area contributed by atoms with Crippen LogP contribution in [0, 0.1) is 5.82 Å². The molecule has 0 bridgehead atoms. The summed E-state index contributed by atoms with van der Waals surface area (Å²) in [4.78, 5) is 4.50. The number of benzene rings is 1. The average molecular weight is 311 g/mol. The molecule has 0 saturated carbocycles. The summed E-state index contributed by atoms with van der Waals surface area (Å²) in [5, 5.41) is 3.98. The molecular formula is C15H22FN3OS. The number of hydrogen-bond acceptors (Lipinski definition) is 3. The molecule has 1 fully saturated rings. The number of ether oxygens (including phenoxy) is 1. The molecule has 2 rings (SSSR count). The SMILES string of the molecule is COCCNC(=S)N1CCN(Cc2cccc(F)c2)CC1. The largest absolute Gasteiger partial charge is 0.383 e. The van der Waals surface area contributed by atoms with Gasteiger partial charge in [0.1, 0.15) is 5.82 Å². The lowest BCUT2D eigenvalue weighted by Gasteiger charge is -2.36. The van der Waals surface area contributed by atoms with Gasteiger partial charge in [0.05, 0.1) is 6.61 Å². The van der Waals surface area contributed by atoms with Crippen molar-refractivity contribution < 1.29 is 9.13 Å². The number of hydrogen-bond donors (Lipinski definition) is 1. The molecule has 0 unspecified atom stereocenters. The van der Waals surface area contributed by atoms with E-state index in [2.05, 4.69) is 15.1 Å². The van der Waals surface area contributed by atoms with Crippen molar-refractivity contribution in [3.8, 4) is 0 Å². The maximum Gasteiger partial charge on any atom is 0.169 e. The van der Waals surface area contributed by atoms with E-state index >= 15 is 0 Å². The van der Waals surface area contributed by atoms with Crippen LogP contribution in [0.3, 0.4) is 0 Å². The Hall–Kier alpha value is -1.24. The van der Waals surface area contributed by atoms with E-state index in [0.29, 0.717) is 6.61 Å². The molecule has 1 aromatic rings. The van der Waals surface area contributed by atoms with E-state index in [9.17, 15) is 4.39 Å².